The van der Waals surface area contributed by atoms with Crippen LogP contribution < -0.4 is 0 Å². The Bertz CT molecular complexity index is 748. The zero-order chi connectivity index (χ0) is 24.1. The summed E-state index contributed by atoms with van der Waals surface area (Å²) in [4.78, 5) is 0. The predicted octanol–water partition coefficient (Wildman–Crippen LogP) is 6.14. The van der Waals surface area contributed by atoms with Crippen molar-refractivity contribution in [2.45, 2.75) is 122 Å². The molecule has 1 aliphatic heterocycles. The molecule has 5 atom stereocenters. The third kappa shape index (κ3) is 4.38. The van der Waals surface area contributed by atoms with Gasteiger partial charge in [-0.3, -0.25) is 0 Å². The average molecular weight is 477 g/mol. The van der Waals surface area contributed by atoms with E-state index in [1.807, 2.05) is 0 Å². The molecule has 0 amide bonds. The van der Waals surface area contributed by atoms with E-state index in [2.05, 4.69) is 59.6 Å². The number of hydrogen-bond acceptors (Lipinski definition) is 4. The van der Waals surface area contributed by atoms with Crippen LogP contribution in [0.15, 0.2) is 0 Å². The number of fused-ring (bicyclic) bond motifs is 2. The number of hydrogen-bond donors (Lipinski definition) is 1. The summed E-state index contributed by atoms with van der Waals surface area (Å²) in [7, 11) is -1.94. The van der Waals surface area contributed by atoms with Gasteiger partial charge in [0.1, 0.15) is 6.10 Å². The fourth-order valence-electron chi connectivity index (χ4n) is 7.02. The van der Waals surface area contributed by atoms with Crippen LogP contribution in [-0.2, 0) is 13.9 Å². The second-order valence-electron chi connectivity index (χ2n) is 13.1. The third-order valence-electron chi connectivity index (χ3n) is 10.0. The maximum Gasteiger partial charge on any atom is 0.193 e. The molecule has 0 unspecified atom stereocenters. The number of ether oxygens (including phenoxy) is 2. The Morgan fingerprint density at radius 2 is 1.67 bits per heavy atom. The first-order valence-corrected chi connectivity index (χ1v) is 16.5. The molecule has 0 aromatic rings. The van der Waals surface area contributed by atoms with Crippen LogP contribution >= 0.6 is 0 Å². The minimum absolute atomic E-state index is 0.0122. The Labute approximate surface area is 203 Å². The smallest absolute Gasteiger partial charge is 0.193 e. The number of rotatable bonds is 4. The summed E-state index contributed by atoms with van der Waals surface area (Å²) in [6.07, 6.45) is 8.54. The van der Waals surface area contributed by atoms with Crippen molar-refractivity contribution in [2.24, 2.45) is 29.1 Å². The van der Waals surface area contributed by atoms with Gasteiger partial charge in [-0.2, -0.15) is 0 Å². The molecular weight excluding hydrogens is 428 g/mol. The van der Waals surface area contributed by atoms with Gasteiger partial charge in [0.25, 0.3) is 0 Å². The van der Waals surface area contributed by atoms with Gasteiger partial charge >= 0.3 is 0 Å². The van der Waals surface area contributed by atoms with Crippen molar-refractivity contribution >= 4 is 8.32 Å². The van der Waals surface area contributed by atoms with Crippen LogP contribution in [0.5, 0.6) is 0 Å². The van der Waals surface area contributed by atoms with Gasteiger partial charge in [0.15, 0.2) is 14.1 Å². The minimum Gasteiger partial charge on any atom is -0.403 e. The van der Waals surface area contributed by atoms with E-state index in [0.717, 1.165) is 19.3 Å². The van der Waals surface area contributed by atoms with E-state index >= 15 is 0 Å². The van der Waals surface area contributed by atoms with Gasteiger partial charge in [-0.05, 0) is 61.6 Å². The lowest BCUT2D eigenvalue weighted by atomic mass is 9.42. The van der Waals surface area contributed by atoms with Gasteiger partial charge in [0.2, 0.25) is 0 Å². The Hall–Kier alpha value is -0.383. The second kappa shape index (κ2) is 9.25. The molecule has 1 spiro atoms. The van der Waals surface area contributed by atoms with Crippen LogP contribution in [0, 0.1) is 40.9 Å². The summed E-state index contributed by atoms with van der Waals surface area (Å²) in [6.45, 7) is 17.6. The molecule has 0 radical (unpaired) electrons. The third-order valence-corrected chi connectivity index (χ3v) is 14.5. The maximum atomic E-state index is 11.1. The van der Waals surface area contributed by atoms with Crippen molar-refractivity contribution in [3.63, 3.8) is 0 Å². The summed E-state index contributed by atoms with van der Waals surface area (Å²) in [5, 5.41) is 11.3. The summed E-state index contributed by atoms with van der Waals surface area (Å²) < 4.78 is 19.4. The SMILES string of the molecule is CC(C)[C@@]12CC[C@H](O)[C@@H](C#C[C@@H](O[Si](C)(C)C(C)(C)C)C3CCCCC3)[C@@H]1CC21OCCO1. The molecule has 0 aromatic carbocycles. The summed E-state index contributed by atoms with van der Waals surface area (Å²) >= 11 is 0. The van der Waals surface area contributed by atoms with Crippen molar-refractivity contribution in [3.8, 4) is 11.8 Å². The molecule has 4 nitrogen and oxygen atoms in total. The number of aliphatic hydroxyl groups excluding tert-OH is 1. The Morgan fingerprint density at radius 1 is 1.03 bits per heavy atom. The topological polar surface area (TPSA) is 47.9 Å². The average Bonchev–Trinajstić information content (AvgIpc) is 3.23. The van der Waals surface area contributed by atoms with Crippen LogP contribution in [0.25, 0.3) is 0 Å². The molecule has 0 bridgehead atoms. The molecule has 1 heterocycles. The van der Waals surface area contributed by atoms with Gasteiger partial charge in [-0.1, -0.05) is 65.7 Å². The molecule has 4 aliphatic rings. The monoisotopic (exact) mass is 476 g/mol. The first kappa shape index (κ1) is 25.7. The highest BCUT2D eigenvalue weighted by atomic mass is 28.4. The van der Waals surface area contributed by atoms with Crippen molar-refractivity contribution in [3.05, 3.63) is 0 Å². The molecule has 4 fully saturated rings. The van der Waals surface area contributed by atoms with Crippen LogP contribution in [0.2, 0.25) is 18.1 Å². The first-order valence-electron chi connectivity index (χ1n) is 13.6. The number of aliphatic hydroxyl groups is 1. The molecule has 1 N–H and O–H groups in total. The zero-order valence-electron chi connectivity index (χ0n) is 22.2. The van der Waals surface area contributed by atoms with Crippen LogP contribution in [0.3, 0.4) is 0 Å². The maximum absolute atomic E-state index is 11.1. The highest BCUT2D eigenvalue weighted by Crippen LogP contribution is 2.69. The van der Waals surface area contributed by atoms with E-state index in [4.69, 9.17) is 13.9 Å². The highest BCUT2D eigenvalue weighted by Gasteiger charge is 2.73. The predicted molar refractivity (Wildman–Crippen MR) is 135 cm³/mol. The van der Waals surface area contributed by atoms with E-state index in [9.17, 15) is 5.11 Å². The van der Waals surface area contributed by atoms with E-state index in [-0.39, 0.29) is 28.6 Å². The molecule has 5 heteroatoms. The molecule has 1 saturated heterocycles. The molecule has 3 aliphatic carbocycles. The zero-order valence-corrected chi connectivity index (χ0v) is 23.2. The lowest BCUT2D eigenvalue weighted by molar-refractivity contribution is -0.364. The summed E-state index contributed by atoms with van der Waals surface area (Å²) in [5.41, 5.74) is -0.0390. The largest absolute Gasteiger partial charge is 0.403 e. The lowest BCUT2D eigenvalue weighted by Gasteiger charge is -2.67. The van der Waals surface area contributed by atoms with Gasteiger partial charge in [0, 0.05) is 11.8 Å². The van der Waals surface area contributed by atoms with Crippen LogP contribution in [0.4, 0.5) is 0 Å². The molecule has 0 aromatic heterocycles. The van der Waals surface area contributed by atoms with Crippen LogP contribution in [0.1, 0.15) is 86.0 Å². The van der Waals surface area contributed by atoms with Crippen molar-refractivity contribution in [2.75, 3.05) is 13.2 Å². The van der Waals surface area contributed by atoms with Gasteiger partial charge in [-0.15, -0.1) is 0 Å². The fraction of sp³-hybridized carbons (Fsp3) is 0.929. The molecule has 33 heavy (non-hydrogen) atoms. The first-order chi connectivity index (χ1) is 15.4. The highest BCUT2D eigenvalue weighted by molar-refractivity contribution is 6.74. The Balaban J connectivity index is 1.61. The van der Waals surface area contributed by atoms with Crippen molar-refractivity contribution in [1.82, 2.24) is 0 Å². The summed E-state index contributed by atoms with van der Waals surface area (Å²) in [6, 6.07) is 0. The van der Waals surface area contributed by atoms with Crippen molar-refractivity contribution < 1.29 is 19.0 Å². The van der Waals surface area contributed by atoms with E-state index in [1.54, 1.807) is 0 Å². The van der Waals surface area contributed by atoms with Crippen LogP contribution in [-0.4, -0.2) is 44.6 Å². The lowest BCUT2D eigenvalue weighted by Crippen LogP contribution is -2.71. The minimum atomic E-state index is -1.94. The molecule has 188 valence electrons. The Kier molecular flexibility index (Phi) is 7.20. The molecule has 4 rings (SSSR count). The van der Waals surface area contributed by atoms with E-state index in [1.165, 1.54) is 32.1 Å². The summed E-state index contributed by atoms with van der Waals surface area (Å²) in [5.74, 6) is 8.11. The van der Waals surface area contributed by atoms with Gasteiger partial charge in [-0.25, -0.2) is 0 Å². The normalized spacial score (nSPS) is 35.6. The second-order valence-corrected chi connectivity index (χ2v) is 17.8. The van der Waals surface area contributed by atoms with Crippen molar-refractivity contribution in [1.29, 1.82) is 0 Å². The standard InChI is InChI=1S/C28H48O4Si/c1-20(2)27-16-15-24(29)22(23(27)19-28(27)30-17-18-31-28)13-14-25(21-11-9-8-10-12-21)32-33(6,7)26(3,4)5/h20-25,29H,8-12,15-19H2,1-7H3/t22-,23-,24-,25+,27-/m0/s1. The van der Waals surface area contributed by atoms with E-state index in [0.29, 0.717) is 31.0 Å². The Morgan fingerprint density at radius 3 is 2.24 bits per heavy atom. The quantitative estimate of drug-likeness (QED) is 0.391. The van der Waals surface area contributed by atoms with Gasteiger partial charge in [0.05, 0.1) is 25.2 Å². The fourth-order valence-corrected chi connectivity index (χ4v) is 8.26. The van der Waals surface area contributed by atoms with E-state index < -0.39 is 14.1 Å². The molecule has 3 saturated carbocycles. The van der Waals surface area contributed by atoms with Gasteiger partial charge < -0.3 is 19.0 Å². The molecular formula is C28H48O4Si.